The van der Waals surface area contributed by atoms with Gasteiger partial charge in [-0.2, -0.15) is 18.4 Å². The van der Waals surface area contributed by atoms with Gasteiger partial charge in [-0.05, 0) is 31.5 Å². The molecule has 0 radical (unpaired) electrons. The Hall–Kier alpha value is -3.86. The van der Waals surface area contributed by atoms with Gasteiger partial charge in [0.25, 0.3) is 5.91 Å². The Labute approximate surface area is 201 Å². The number of amides is 1. The number of nitrogens with zero attached hydrogens (tertiary/aromatic N) is 4. The van der Waals surface area contributed by atoms with E-state index < -0.39 is 54.3 Å². The Morgan fingerprint density at radius 1 is 1.36 bits per heavy atom. The molecule has 2 aliphatic heterocycles. The molecule has 1 saturated heterocycles. The van der Waals surface area contributed by atoms with Crippen molar-refractivity contribution in [3.63, 3.8) is 0 Å². The average Bonchev–Trinajstić information content (AvgIpc) is 3.20. The maximum Gasteiger partial charge on any atom is 0.415 e. The first-order valence-electron chi connectivity index (χ1n) is 10.5. The van der Waals surface area contributed by atoms with Crippen LogP contribution in [0, 0.1) is 28.5 Å². The van der Waals surface area contributed by atoms with E-state index in [-0.39, 0.29) is 35.1 Å². The summed E-state index contributed by atoms with van der Waals surface area (Å²) >= 11 is 0. The highest BCUT2D eigenvalue weighted by atomic mass is 19.4. The van der Waals surface area contributed by atoms with Crippen molar-refractivity contribution in [2.24, 2.45) is 22.1 Å². The molecule has 3 heterocycles. The molecule has 0 bridgehead atoms. The summed E-state index contributed by atoms with van der Waals surface area (Å²) in [6.45, 7) is -0.417. The third-order valence-electron chi connectivity index (χ3n) is 6.30. The first-order valence-corrected chi connectivity index (χ1v) is 10.5. The monoisotopic (exact) mass is 510 g/mol. The SMILES string of the molecule is C[C@]1(C#N)C[C@@H]2C(C(F)(F)F)OC[C@]2(c2cc(NC(=O)c3cnc(OCF)cn3)ccc2F)N=C1N. The van der Waals surface area contributed by atoms with Gasteiger partial charge < -0.3 is 20.5 Å². The third kappa shape index (κ3) is 4.30. The molecule has 36 heavy (non-hydrogen) atoms. The molecule has 1 fully saturated rings. The minimum atomic E-state index is -4.80. The van der Waals surface area contributed by atoms with E-state index >= 15 is 4.39 Å². The quantitative estimate of drug-likeness (QED) is 0.590. The van der Waals surface area contributed by atoms with E-state index in [0.29, 0.717) is 0 Å². The molecule has 3 N–H and O–H groups in total. The molecule has 1 amide bonds. The third-order valence-corrected chi connectivity index (χ3v) is 6.30. The number of hydrogen-bond donors (Lipinski definition) is 2. The lowest BCUT2D eigenvalue weighted by atomic mass is 9.66. The Kier molecular flexibility index (Phi) is 6.29. The van der Waals surface area contributed by atoms with E-state index in [1.807, 2.05) is 6.07 Å². The number of carbonyl (C=O) groups is 1. The highest BCUT2D eigenvalue weighted by Gasteiger charge is 2.64. The molecule has 14 heteroatoms. The maximum atomic E-state index is 15.1. The number of amidine groups is 1. The van der Waals surface area contributed by atoms with Crippen molar-refractivity contribution in [2.75, 3.05) is 18.8 Å². The van der Waals surface area contributed by atoms with Crippen molar-refractivity contribution in [3.05, 3.63) is 47.7 Å². The molecule has 9 nitrogen and oxygen atoms in total. The zero-order valence-electron chi connectivity index (χ0n) is 18.6. The number of nitriles is 1. The van der Waals surface area contributed by atoms with Gasteiger partial charge in [0.1, 0.15) is 28.3 Å². The van der Waals surface area contributed by atoms with Crippen LogP contribution in [0.4, 0.5) is 27.6 Å². The molecular formula is C22H19F5N6O3. The Bertz CT molecular complexity index is 1250. The minimum absolute atomic E-state index is 0.0215. The number of hydrogen-bond acceptors (Lipinski definition) is 8. The number of ether oxygens (including phenoxy) is 2. The summed E-state index contributed by atoms with van der Waals surface area (Å²) < 4.78 is 78.3. The number of fused-ring (bicyclic) bond motifs is 1. The number of halogens is 5. The molecule has 4 rings (SSSR count). The van der Waals surface area contributed by atoms with Gasteiger partial charge >= 0.3 is 6.18 Å². The first-order chi connectivity index (χ1) is 16.9. The molecule has 2 aromatic rings. The molecule has 4 atom stereocenters. The van der Waals surface area contributed by atoms with E-state index in [4.69, 9.17) is 10.5 Å². The van der Waals surface area contributed by atoms with E-state index in [1.165, 1.54) is 13.0 Å². The Morgan fingerprint density at radius 3 is 2.72 bits per heavy atom. The van der Waals surface area contributed by atoms with E-state index in [9.17, 15) is 27.6 Å². The highest BCUT2D eigenvalue weighted by molar-refractivity contribution is 6.02. The maximum absolute atomic E-state index is 15.1. The van der Waals surface area contributed by atoms with Crippen LogP contribution >= 0.6 is 0 Å². The summed E-state index contributed by atoms with van der Waals surface area (Å²) in [4.78, 5) is 24.3. The summed E-state index contributed by atoms with van der Waals surface area (Å²) in [5.41, 5.74) is 2.15. The lowest BCUT2D eigenvalue weighted by Gasteiger charge is -2.42. The number of rotatable bonds is 5. The summed E-state index contributed by atoms with van der Waals surface area (Å²) in [6.07, 6.45) is -5.44. The fourth-order valence-electron chi connectivity index (χ4n) is 4.42. The van der Waals surface area contributed by atoms with Gasteiger partial charge in [0, 0.05) is 17.2 Å². The van der Waals surface area contributed by atoms with Gasteiger partial charge in [-0.15, -0.1) is 0 Å². The second-order valence-electron chi connectivity index (χ2n) is 8.59. The molecule has 0 saturated carbocycles. The van der Waals surface area contributed by atoms with Crippen molar-refractivity contribution in [1.29, 1.82) is 5.26 Å². The number of aliphatic imine (C=N–C) groups is 1. The molecule has 190 valence electrons. The Balaban J connectivity index is 1.72. The number of nitrogens with one attached hydrogen (secondary N) is 1. The number of carbonyl (C=O) groups excluding carboxylic acids is 1. The largest absolute Gasteiger partial charge is 0.445 e. The molecule has 0 aliphatic carbocycles. The van der Waals surface area contributed by atoms with Crippen LogP contribution in [0.25, 0.3) is 0 Å². The van der Waals surface area contributed by atoms with Gasteiger partial charge in [-0.1, -0.05) is 0 Å². The smallest absolute Gasteiger partial charge is 0.415 e. The first kappa shape index (κ1) is 25.2. The number of alkyl halides is 4. The van der Waals surface area contributed by atoms with Crippen LogP contribution in [0.2, 0.25) is 0 Å². The number of anilines is 1. The fraction of sp³-hybridized carbons (Fsp3) is 0.409. The minimum Gasteiger partial charge on any atom is -0.445 e. The van der Waals surface area contributed by atoms with Gasteiger partial charge in [0.2, 0.25) is 12.7 Å². The van der Waals surface area contributed by atoms with Crippen LogP contribution in [0.5, 0.6) is 5.88 Å². The lowest BCUT2D eigenvalue weighted by Crippen LogP contribution is -2.51. The van der Waals surface area contributed by atoms with Crippen molar-refractivity contribution < 1.29 is 36.2 Å². The summed E-state index contributed by atoms with van der Waals surface area (Å²) in [5, 5.41) is 12.0. The lowest BCUT2D eigenvalue weighted by molar-refractivity contribution is -0.218. The molecule has 1 unspecified atom stereocenters. The van der Waals surface area contributed by atoms with Crippen LogP contribution in [0.3, 0.4) is 0 Å². The topological polar surface area (TPSA) is 136 Å². The van der Waals surface area contributed by atoms with Gasteiger partial charge in [0.05, 0.1) is 25.1 Å². The van der Waals surface area contributed by atoms with Crippen LogP contribution in [-0.2, 0) is 10.3 Å². The average molecular weight is 510 g/mol. The predicted molar refractivity (Wildman–Crippen MR) is 114 cm³/mol. The predicted octanol–water partition coefficient (Wildman–Crippen LogP) is 3.24. The number of nitrogens with two attached hydrogens (primary N) is 1. The fourth-order valence-corrected chi connectivity index (χ4v) is 4.42. The van der Waals surface area contributed by atoms with Gasteiger partial charge in [0.15, 0.2) is 6.10 Å². The van der Waals surface area contributed by atoms with Crippen LogP contribution in [-0.4, -0.2) is 47.5 Å². The zero-order chi connectivity index (χ0) is 26.3. The van der Waals surface area contributed by atoms with Crippen LogP contribution in [0.1, 0.15) is 29.4 Å². The molecular weight excluding hydrogens is 491 g/mol. The van der Waals surface area contributed by atoms with Crippen LogP contribution < -0.4 is 15.8 Å². The summed E-state index contributed by atoms with van der Waals surface area (Å²) in [7, 11) is 0. The molecule has 0 spiro atoms. The second-order valence-corrected chi connectivity index (χ2v) is 8.59. The van der Waals surface area contributed by atoms with Crippen molar-refractivity contribution in [1.82, 2.24) is 9.97 Å². The molecule has 1 aromatic heterocycles. The van der Waals surface area contributed by atoms with E-state index in [0.717, 1.165) is 24.5 Å². The molecule has 1 aromatic carbocycles. The van der Waals surface area contributed by atoms with Gasteiger partial charge in [-0.25, -0.2) is 18.7 Å². The second kappa shape index (κ2) is 8.98. The number of aromatic nitrogens is 2. The van der Waals surface area contributed by atoms with Crippen molar-refractivity contribution in [2.45, 2.75) is 31.2 Å². The van der Waals surface area contributed by atoms with Gasteiger partial charge in [-0.3, -0.25) is 9.79 Å². The Morgan fingerprint density at radius 2 is 2.11 bits per heavy atom. The van der Waals surface area contributed by atoms with Crippen molar-refractivity contribution >= 4 is 17.4 Å². The summed E-state index contributed by atoms with van der Waals surface area (Å²) in [5.74, 6) is -3.52. The molecule has 2 aliphatic rings. The summed E-state index contributed by atoms with van der Waals surface area (Å²) in [6, 6.07) is 5.20. The highest BCUT2D eigenvalue weighted by Crippen LogP contribution is 2.55. The zero-order valence-corrected chi connectivity index (χ0v) is 18.6. The standard InChI is InChI=1S/C22H19F5N6O3/c1-20(8-28)5-13-17(22(25,26)27)35-9-21(13,33-19(20)29)12-4-11(2-3-14(12)24)32-18(34)15-6-31-16(7-30-15)36-10-23/h2-4,6-7,13,17H,5,9-10H2,1H3,(H2,29,33)(H,32,34)/t13-,17?,20-,21-/m1/s1. The van der Waals surface area contributed by atoms with E-state index in [2.05, 4.69) is 25.0 Å². The normalized spacial score (nSPS) is 27.5. The number of benzene rings is 1. The van der Waals surface area contributed by atoms with E-state index in [1.54, 1.807) is 0 Å². The van der Waals surface area contributed by atoms with Crippen LogP contribution in [0.15, 0.2) is 35.6 Å². The van der Waals surface area contributed by atoms with Crippen molar-refractivity contribution in [3.8, 4) is 11.9 Å².